The minimum absolute atomic E-state index is 0.215. The van der Waals surface area contributed by atoms with E-state index in [1.807, 2.05) is 4.91 Å². The fraction of sp³-hybridized carbons (Fsp3) is 0. The van der Waals surface area contributed by atoms with Gasteiger partial charge in [-0.05, 0) is 5.53 Å². The Balaban J connectivity index is 4.01. The summed E-state index contributed by atoms with van der Waals surface area (Å²) in [4.78, 5) is 28.6. The molecule has 0 fully saturated rings. The highest BCUT2D eigenvalue weighted by molar-refractivity contribution is 7.90. The molecule has 0 N–H and O–H groups in total. The Bertz CT molecular complexity index is 774. The van der Waals surface area contributed by atoms with Gasteiger partial charge in [0.15, 0.2) is 0 Å². The molecule has 0 aliphatic heterocycles. The zero-order valence-electron chi connectivity index (χ0n) is 9.51. The van der Waals surface area contributed by atoms with Crippen molar-refractivity contribution in [2.45, 2.75) is 4.90 Å². The summed E-state index contributed by atoms with van der Waals surface area (Å²) in [5.74, 6) is 0. The SMILES string of the molecule is [N-]=[N+]=NS(=O)(=O)c1c([N+](=O)[O-])cc([N+](=O)[O-])cc1[N+](=O)[O-]. The van der Waals surface area contributed by atoms with E-state index in [9.17, 15) is 38.8 Å². The normalized spacial score (nSPS) is 10.5. The standard InChI is InChI=1S/C6H2N6O8S/c7-8-9-21(19,20)6-4(11(15)16)1-3(10(13)14)2-5(6)12(17)18/h1-2H. The summed E-state index contributed by atoms with van der Waals surface area (Å²) in [7, 11) is -5.10. The van der Waals surface area contributed by atoms with Gasteiger partial charge in [-0.2, -0.15) is 0 Å². The number of non-ortho nitro benzene ring substituents is 1. The van der Waals surface area contributed by atoms with Crippen LogP contribution in [0.15, 0.2) is 21.5 Å². The number of hydrogen-bond acceptors (Lipinski definition) is 8. The van der Waals surface area contributed by atoms with E-state index in [0.29, 0.717) is 0 Å². The molecule has 1 aromatic rings. The van der Waals surface area contributed by atoms with Crippen molar-refractivity contribution in [1.82, 2.24) is 0 Å². The molecule has 0 spiro atoms. The van der Waals surface area contributed by atoms with Crippen LogP contribution in [0.5, 0.6) is 0 Å². The number of sulfonamides is 1. The molecule has 0 radical (unpaired) electrons. The lowest BCUT2D eigenvalue weighted by molar-refractivity contribution is -0.407. The van der Waals surface area contributed by atoms with Crippen molar-refractivity contribution in [1.29, 1.82) is 0 Å². The fourth-order valence-corrected chi connectivity index (χ4v) is 2.29. The maximum atomic E-state index is 11.6. The maximum Gasteiger partial charge on any atom is 0.302 e. The van der Waals surface area contributed by atoms with E-state index in [1.165, 1.54) is 0 Å². The highest BCUT2D eigenvalue weighted by Crippen LogP contribution is 2.37. The summed E-state index contributed by atoms with van der Waals surface area (Å²) in [5.41, 5.74) is 4.15. The highest BCUT2D eigenvalue weighted by Gasteiger charge is 2.38. The number of azide groups is 1. The van der Waals surface area contributed by atoms with Crippen molar-refractivity contribution in [2.75, 3.05) is 0 Å². The summed E-state index contributed by atoms with van der Waals surface area (Å²) in [6.45, 7) is 0. The number of nitro benzene ring substituents is 3. The Hall–Kier alpha value is -3.32. The lowest BCUT2D eigenvalue weighted by Crippen LogP contribution is -2.07. The van der Waals surface area contributed by atoms with Crippen molar-refractivity contribution in [3.8, 4) is 0 Å². The first-order valence-corrected chi connectivity index (χ1v) is 5.98. The molecule has 15 heteroatoms. The van der Waals surface area contributed by atoms with Crippen molar-refractivity contribution in [3.05, 3.63) is 52.9 Å². The lowest BCUT2D eigenvalue weighted by Gasteiger charge is -2.02. The molecule has 0 aliphatic carbocycles. The smallest absolute Gasteiger partial charge is 0.258 e. The molecule has 1 aromatic carbocycles. The van der Waals surface area contributed by atoms with Gasteiger partial charge in [-0.3, -0.25) is 30.3 Å². The van der Waals surface area contributed by atoms with Gasteiger partial charge in [0.1, 0.15) is 0 Å². The van der Waals surface area contributed by atoms with Crippen molar-refractivity contribution < 1.29 is 23.2 Å². The number of benzene rings is 1. The van der Waals surface area contributed by atoms with Gasteiger partial charge in [0.25, 0.3) is 15.7 Å². The Morgan fingerprint density at radius 1 is 1.00 bits per heavy atom. The third-order valence-corrected chi connectivity index (χ3v) is 3.26. The topological polar surface area (TPSA) is 212 Å². The fourth-order valence-electron chi connectivity index (χ4n) is 1.31. The summed E-state index contributed by atoms with van der Waals surface area (Å²) >= 11 is 0. The van der Waals surface area contributed by atoms with Crippen LogP contribution in [0.4, 0.5) is 17.1 Å². The second-order valence-electron chi connectivity index (χ2n) is 3.23. The van der Waals surface area contributed by atoms with Crippen LogP contribution in [0.25, 0.3) is 10.4 Å². The van der Waals surface area contributed by atoms with Crippen LogP contribution >= 0.6 is 0 Å². The van der Waals surface area contributed by atoms with E-state index in [4.69, 9.17) is 5.53 Å². The quantitative estimate of drug-likeness (QED) is 0.253. The zero-order chi connectivity index (χ0) is 16.4. The van der Waals surface area contributed by atoms with Gasteiger partial charge in [-0.25, -0.2) is 8.42 Å². The van der Waals surface area contributed by atoms with Gasteiger partial charge in [-0.1, -0.05) is 0 Å². The van der Waals surface area contributed by atoms with E-state index in [0.717, 1.165) is 0 Å². The molecule has 0 aromatic heterocycles. The van der Waals surface area contributed by atoms with E-state index in [-0.39, 0.29) is 12.1 Å². The zero-order valence-corrected chi connectivity index (χ0v) is 10.3. The predicted octanol–water partition coefficient (Wildman–Crippen LogP) is 1.41. The highest BCUT2D eigenvalue weighted by atomic mass is 32.2. The van der Waals surface area contributed by atoms with Crippen LogP contribution in [-0.2, 0) is 10.0 Å². The third kappa shape index (κ3) is 2.99. The predicted molar refractivity (Wildman–Crippen MR) is 62.7 cm³/mol. The average molecular weight is 318 g/mol. The molecular weight excluding hydrogens is 316 g/mol. The molecule has 21 heavy (non-hydrogen) atoms. The van der Waals surface area contributed by atoms with E-state index < -0.39 is 46.8 Å². The van der Waals surface area contributed by atoms with Crippen molar-refractivity contribution in [2.24, 2.45) is 4.52 Å². The second-order valence-corrected chi connectivity index (χ2v) is 4.75. The molecule has 0 unspecified atom stereocenters. The summed E-state index contributed by atoms with van der Waals surface area (Å²) in [6, 6.07) is 0.430. The van der Waals surface area contributed by atoms with Gasteiger partial charge < -0.3 is 0 Å². The largest absolute Gasteiger partial charge is 0.302 e. The monoisotopic (exact) mass is 318 g/mol. The third-order valence-electron chi connectivity index (χ3n) is 2.04. The molecular formula is C6H2N6O8S. The summed E-state index contributed by atoms with van der Waals surface area (Å²) in [6.07, 6.45) is 0. The molecule has 0 heterocycles. The lowest BCUT2D eigenvalue weighted by atomic mass is 10.2. The molecule has 0 atom stereocenters. The number of nitro groups is 3. The van der Waals surface area contributed by atoms with Crippen LogP contribution in [0.3, 0.4) is 0 Å². The molecule has 0 saturated heterocycles. The molecule has 110 valence electrons. The first-order valence-electron chi connectivity index (χ1n) is 4.54. The van der Waals surface area contributed by atoms with Crippen molar-refractivity contribution >= 4 is 27.1 Å². The number of rotatable bonds is 5. The van der Waals surface area contributed by atoms with Gasteiger partial charge in [0.05, 0.1) is 26.9 Å². The number of nitrogens with zero attached hydrogens (tertiary/aromatic N) is 6. The average Bonchev–Trinajstić information content (AvgIpc) is 2.36. The summed E-state index contributed by atoms with van der Waals surface area (Å²) in [5, 5.41) is 32.1. The minimum atomic E-state index is -5.10. The van der Waals surface area contributed by atoms with E-state index in [1.54, 1.807) is 0 Å². The molecule has 0 saturated carbocycles. The first-order chi connectivity index (χ1) is 9.61. The van der Waals surface area contributed by atoms with Gasteiger partial charge in [0.2, 0.25) is 4.90 Å². The van der Waals surface area contributed by atoms with E-state index in [2.05, 4.69) is 4.52 Å². The Kier molecular flexibility index (Phi) is 4.01. The van der Waals surface area contributed by atoms with Crippen LogP contribution in [0.1, 0.15) is 0 Å². The molecule has 0 aliphatic rings. The Labute approximate surface area is 113 Å². The van der Waals surface area contributed by atoms with Gasteiger partial charge in [0, 0.05) is 9.43 Å². The molecule has 0 bridgehead atoms. The Morgan fingerprint density at radius 3 is 1.71 bits per heavy atom. The molecule has 1 rings (SSSR count). The molecule has 14 nitrogen and oxygen atoms in total. The second kappa shape index (κ2) is 5.35. The van der Waals surface area contributed by atoms with Crippen LogP contribution in [-0.4, -0.2) is 23.2 Å². The van der Waals surface area contributed by atoms with Crippen molar-refractivity contribution in [3.63, 3.8) is 0 Å². The Morgan fingerprint density at radius 2 is 1.43 bits per heavy atom. The maximum absolute atomic E-state index is 11.6. The van der Waals surface area contributed by atoms with E-state index >= 15 is 0 Å². The van der Waals surface area contributed by atoms with Gasteiger partial charge >= 0.3 is 11.4 Å². The van der Waals surface area contributed by atoms with Gasteiger partial charge in [-0.15, -0.1) is 0 Å². The number of hydrogen-bond donors (Lipinski definition) is 0. The summed E-state index contributed by atoms with van der Waals surface area (Å²) < 4.78 is 25.4. The van der Waals surface area contributed by atoms with Crippen LogP contribution < -0.4 is 0 Å². The first kappa shape index (κ1) is 15.7. The van der Waals surface area contributed by atoms with Crippen LogP contribution in [0, 0.1) is 30.3 Å². The molecule has 0 amide bonds. The minimum Gasteiger partial charge on any atom is -0.258 e. The van der Waals surface area contributed by atoms with Crippen LogP contribution in [0.2, 0.25) is 0 Å².